The van der Waals surface area contributed by atoms with E-state index in [-0.39, 0.29) is 16.8 Å². The molecule has 1 aromatic carbocycles. The average molecular weight is 377 g/mol. The number of nitrogens with zero attached hydrogens (tertiary/aromatic N) is 3. The smallest absolute Gasteiger partial charge is 0.240 e. The second-order valence-electron chi connectivity index (χ2n) is 6.25. The average Bonchev–Trinajstić information content (AvgIpc) is 2.67. The van der Waals surface area contributed by atoms with Crippen LogP contribution < -0.4 is 20.1 Å². The lowest BCUT2D eigenvalue weighted by molar-refractivity contribution is 0.409. The minimum absolute atomic E-state index is 0.202. The zero-order valence-corrected chi connectivity index (χ0v) is 15.4. The molecule has 1 fully saturated rings. The third-order valence-corrected chi connectivity index (χ3v) is 5.87. The summed E-state index contributed by atoms with van der Waals surface area (Å²) in [5.41, 5.74) is 5.65. The van der Waals surface area contributed by atoms with E-state index >= 15 is 0 Å². The molecule has 2 aromatic rings. The number of nitrogens with one attached hydrogen (secondary N) is 1. The van der Waals surface area contributed by atoms with Gasteiger partial charge in [-0.05, 0) is 49.1 Å². The molecule has 0 unspecified atom stereocenters. The third kappa shape index (κ3) is 4.41. The van der Waals surface area contributed by atoms with Crippen molar-refractivity contribution in [3.8, 4) is 5.75 Å². The van der Waals surface area contributed by atoms with Gasteiger partial charge in [-0.1, -0.05) is 0 Å². The number of benzene rings is 1. The number of rotatable bonds is 6. The fraction of sp³-hybridized carbons (Fsp3) is 0.412. The van der Waals surface area contributed by atoms with E-state index in [0.717, 1.165) is 31.7 Å². The van der Waals surface area contributed by atoms with Crippen molar-refractivity contribution >= 4 is 21.8 Å². The number of piperidine rings is 1. The van der Waals surface area contributed by atoms with Gasteiger partial charge in [0, 0.05) is 25.8 Å². The number of anilines is 2. The Bertz CT molecular complexity index is 842. The van der Waals surface area contributed by atoms with Crippen molar-refractivity contribution in [3.63, 3.8) is 0 Å². The van der Waals surface area contributed by atoms with Crippen LogP contribution in [0.2, 0.25) is 0 Å². The van der Waals surface area contributed by atoms with Crippen LogP contribution in [0.25, 0.3) is 0 Å². The lowest BCUT2D eigenvalue weighted by atomic mass is 9.98. The fourth-order valence-electron chi connectivity index (χ4n) is 3.05. The van der Waals surface area contributed by atoms with Gasteiger partial charge in [-0.15, -0.1) is 0 Å². The van der Waals surface area contributed by atoms with E-state index in [1.54, 1.807) is 25.4 Å². The van der Waals surface area contributed by atoms with Crippen molar-refractivity contribution < 1.29 is 13.2 Å². The zero-order chi connectivity index (χ0) is 18.6. The molecule has 1 aromatic heterocycles. The Hall–Kier alpha value is -2.39. The van der Waals surface area contributed by atoms with Crippen LogP contribution in [-0.4, -0.2) is 45.1 Å². The summed E-state index contributed by atoms with van der Waals surface area (Å²) < 4.78 is 32.7. The van der Waals surface area contributed by atoms with Crippen molar-refractivity contribution in [1.29, 1.82) is 0 Å². The van der Waals surface area contributed by atoms with Crippen LogP contribution in [0.5, 0.6) is 5.75 Å². The molecule has 8 nitrogen and oxygen atoms in total. The molecule has 3 rings (SSSR count). The van der Waals surface area contributed by atoms with E-state index in [2.05, 4.69) is 19.6 Å². The van der Waals surface area contributed by atoms with Crippen molar-refractivity contribution in [2.24, 2.45) is 5.92 Å². The van der Waals surface area contributed by atoms with Gasteiger partial charge >= 0.3 is 0 Å². The molecule has 140 valence electrons. The molecule has 3 N–H and O–H groups in total. The Balaban J connectivity index is 1.61. The first kappa shape index (κ1) is 18.4. The highest BCUT2D eigenvalue weighted by molar-refractivity contribution is 7.89. The van der Waals surface area contributed by atoms with Crippen LogP contribution in [-0.2, 0) is 10.0 Å². The SMILES string of the molecule is COc1ccc(S(=O)(=O)NC[C@H]2CCCN(c3ccnc(N)n3)C2)cc1. The van der Waals surface area contributed by atoms with Crippen LogP contribution in [0.1, 0.15) is 12.8 Å². The predicted octanol–water partition coefficient (Wildman–Crippen LogP) is 1.26. The van der Waals surface area contributed by atoms with Gasteiger partial charge in [0.05, 0.1) is 12.0 Å². The summed E-state index contributed by atoms with van der Waals surface area (Å²) in [5.74, 6) is 1.84. The van der Waals surface area contributed by atoms with Crippen molar-refractivity contribution in [1.82, 2.24) is 14.7 Å². The summed E-state index contributed by atoms with van der Waals surface area (Å²) in [6, 6.07) is 8.17. The molecule has 0 radical (unpaired) electrons. The second-order valence-corrected chi connectivity index (χ2v) is 8.02. The largest absolute Gasteiger partial charge is 0.497 e. The molecule has 1 atom stereocenters. The van der Waals surface area contributed by atoms with E-state index < -0.39 is 10.0 Å². The van der Waals surface area contributed by atoms with Crippen LogP contribution in [0.15, 0.2) is 41.4 Å². The number of ether oxygens (including phenoxy) is 1. The molecular weight excluding hydrogens is 354 g/mol. The molecule has 0 saturated carbocycles. The summed E-state index contributed by atoms with van der Waals surface area (Å²) >= 11 is 0. The summed E-state index contributed by atoms with van der Waals surface area (Å²) in [4.78, 5) is 10.5. The summed E-state index contributed by atoms with van der Waals surface area (Å²) in [5, 5.41) is 0. The topological polar surface area (TPSA) is 110 Å². The Morgan fingerprint density at radius 2 is 2.08 bits per heavy atom. The number of sulfonamides is 1. The van der Waals surface area contributed by atoms with Gasteiger partial charge in [0.2, 0.25) is 16.0 Å². The van der Waals surface area contributed by atoms with Gasteiger partial charge in [-0.3, -0.25) is 0 Å². The first-order valence-corrected chi connectivity index (χ1v) is 9.93. The van der Waals surface area contributed by atoms with Crippen LogP contribution in [0.4, 0.5) is 11.8 Å². The fourth-order valence-corrected chi connectivity index (χ4v) is 4.16. The minimum Gasteiger partial charge on any atom is -0.497 e. The van der Waals surface area contributed by atoms with Crippen LogP contribution in [0.3, 0.4) is 0 Å². The molecule has 0 bridgehead atoms. The predicted molar refractivity (Wildman–Crippen MR) is 99.6 cm³/mol. The number of nitrogen functional groups attached to an aromatic ring is 1. The molecule has 2 heterocycles. The van der Waals surface area contributed by atoms with Gasteiger partial charge in [-0.2, -0.15) is 4.98 Å². The maximum Gasteiger partial charge on any atom is 0.240 e. The van der Waals surface area contributed by atoms with Gasteiger partial charge < -0.3 is 15.4 Å². The monoisotopic (exact) mass is 377 g/mol. The quantitative estimate of drug-likeness (QED) is 0.780. The van der Waals surface area contributed by atoms with Gasteiger partial charge in [0.1, 0.15) is 11.6 Å². The second kappa shape index (κ2) is 7.88. The number of nitrogens with two attached hydrogens (primary N) is 1. The number of hydrogen-bond acceptors (Lipinski definition) is 7. The highest BCUT2D eigenvalue weighted by Crippen LogP contribution is 2.22. The maximum absolute atomic E-state index is 12.5. The lowest BCUT2D eigenvalue weighted by Gasteiger charge is -2.33. The van der Waals surface area contributed by atoms with E-state index in [4.69, 9.17) is 10.5 Å². The number of methoxy groups -OCH3 is 1. The van der Waals surface area contributed by atoms with Crippen molar-refractivity contribution in [3.05, 3.63) is 36.5 Å². The molecule has 9 heteroatoms. The van der Waals surface area contributed by atoms with Crippen molar-refractivity contribution in [2.45, 2.75) is 17.7 Å². The summed E-state index contributed by atoms with van der Waals surface area (Å²) in [7, 11) is -2.00. The van der Waals surface area contributed by atoms with E-state index in [1.807, 2.05) is 6.07 Å². The number of hydrogen-bond donors (Lipinski definition) is 2. The minimum atomic E-state index is -3.54. The van der Waals surface area contributed by atoms with Gasteiger partial charge in [0.25, 0.3) is 0 Å². The highest BCUT2D eigenvalue weighted by Gasteiger charge is 2.23. The summed E-state index contributed by atoms with van der Waals surface area (Å²) in [6.07, 6.45) is 3.56. The van der Waals surface area contributed by atoms with E-state index in [1.165, 1.54) is 12.1 Å². The van der Waals surface area contributed by atoms with E-state index in [9.17, 15) is 8.42 Å². The summed E-state index contributed by atoms with van der Waals surface area (Å²) in [6.45, 7) is 1.98. The number of aromatic nitrogens is 2. The van der Waals surface area contributed by atoms with Gasteiger partial charge in [0.15, 0.2) is 0 Å². The Labute approximate surface area is 153 Å². The zero-order valence-electron chi connectivity index (χ0n) is 14.6. The molecular formula is C17H23N5O3S. The Morgan fingerprint density at radius 3 is 2.77 bits per heavy atom. The molecule has 1 aliphatic rings. The van der Waals surface area contributed by atoms with E-state index in [0.29, 0.717) is 12.3 Å². The molecule has 0 aliphatic carbocycles. The standard InChI is InChI=1S/C17H23N5O3S/c1-25-14-4-6-15(7-5-14)26(23,24)20-11-13-3-2-10-22(12-13)16-8-9-19-17(18)21-16/h4-9,13,20H,2-3,10-12H2,1H3,(H2,18,19,21)/t13-/m1/s1. The van der Waals surface area contributed by atoms with Crippen LogP contribution >= 0.6 is 0 Å². The van der Waals surface area contributed by atoms with Crippen molar-refractivity contribution in [2.75, 3.05) is 37.4 Å². The molecule has 1 saturated heterocycles. The molecule has 26 heavy (non-hydrogen) atoms. The molecule has 0 amide bonds. The Morgan fingerprint density at radius 1 is 1.31 bits per heavy atom. The Kier molecular flexibility index (Phi) is 5.58. The van der Waals surface area contributed by atoms with Crippen LogP contribution in [0, 0.1) is 5.92 Å². The maximum atomic E-state index is 12.5. The molecule has 0 spiro atoms. The first-order valence-electron chi connectivity index (χ1n) is 8.45. The highest BCUT2D eigenvalue weighted by atomic mass is 32.2. The van der Waals surface area contributed by atoms with Gasteiger partial charge in [-0.25, -0.2) is 18.1 Å². The lowest BCUT2D eigenvalue weighted by Crippen LogP contribution is -2.41. The first-order chi connectivity index (χ1) is 12.5. The molecule has 1 aliphatic heterocycles. The third-order valence-electron chi connectivity index (χ3n) is 4.43. The normalized spacial score (nSPS) is 17.9.